The standard InChI is InChI=1S/C12H9Cl3N2O3S/c13-7-4-9(15)11(5-8(7)14)20-6-1-2-12(10(16)3-6)21(17,18)19/h1-5H,16H2,(H2,17,18,19). The highest BCUT2D eigenvalue weighted by Gasteiger charge is 2.14. The SMILES string of the molecule is Nc1cc(Oc2cc(Cl)c(Cl)cc2Cl)ccc1S(N)(=O)=O. The summed E-state index contributed by atoms with van der Waals surface area (Å²) in [6, 6.07) is 6.83. The van der Waals surface area contributed by atoms with Gasteiger partial charge in [0.2, 0.25) is 10.0 Å². The number of primary sulfonamides is 1. The summed E-state index contributed by atoms with van der Waals surface area (Å²) >= 11 is 17.7. The van der Waals surface area contributed by atoms with Gasteiger partial charge in [-0.2, -0.15) is 0 Å². The quantitative estimate of drug-likeness (QED) is 0.639. The third-order valence-corrected chi connectivity index (χ3v) is 4.49. The number of anilines is 1. The molecule has 4 N–H and O–H groups in total. The second-order valence-electron chi connectivity index (χ2n) is 4.04. The number of benzene rings is 2. The van der Waals surface area contributed by atoms with E-state index < -0.39 is 10.0 Å². The van der Waals surface area contributed by atoms with Crippen molar-refractivity contribution in [2.45, 2.75) is 4.90 Å². The van der Waals surface area contributed by atoms with E-state index in [1.807, 2.05) is 0 Å². The highest BCUT2D eigenvalue weighted by molar-refractivity contribution is 7.89. The minimum atomic E-state index is -3.89. The Labute approximate surface area is 136 Å². The fraction of sp³-hybridized carbons (Fsp3) is 0. The molecule has 2 rings (SSSR count). The molecule has 0 radical (unpaired) electrons. The number of rotatable bonds is 3. The summed E-state index contributed by atoms with van der Waals surface area (Å²) in [5.41, 5.74) is 5.60. The molecule has 0 spiro atoms. The molecular formula is C12H9Cl3N2O3S. The largest absolute Gasteiger partial charge is 0.456 e. The number of sulfonamides is 1. The second-order valence-corrected chi connectivity index (χ2v) is 6.79. The van der Waals surface area contributed by atoms with Gasteiger partial charge in [0.05, 0.1) is 20.8 Å². The Morgan fingerprint density at radius 3 is 2.14 bits per heavy atom. The van der Waals surface area contributed by atoms with Crippen LogP contribution in [0.25, 0.3) is 0 Å². The van der Waals surface area contributed by atoms with Crippen LogP contribution in [0.4, 0.5) is 5.69 Å². The average molecular weight is 368 g/mol. The van der Waals surface area contributed by atoms with E-state index in [1.165, 1.54) is 30.3 Å². The molecular weight excluding hydrogens is 359 g/mol. The molecule has 2 aromatic rings. The second kappa shape index (κ2) is 5.90. The van der Waals surface area contributed by atoms with Crippen molar-refractivity contribution in [3.05, 3.63) is 45.4 Å². The van der Waals surface area contributed by atoms with Crippen LogP contribution in [-0.2, 0) is 10.0 Å². The van der Waals surface area contributed by atoms with Gasteiger partial charge in [-0.1, -0.05) is 34.8 Å². The van der Waals surface area contributed by atoms with Crippen molar-refractivity contribution in [1.29, 1.82) is 0 Å². The summed E-state index contributed by atoms with van der Waals surface area (Å²) in [6.07, 6.45) is 0. The van der Waals surface area contributed by atoms with Gasteiger partial charge in [0.25, 0.3) is 0 Å². The molecule has 0 fully saturated rings. The minimum Gasteiger partial charge on any atom is -0.456 e. The van der Waals surface area contributed by atoms with Gasteiger partial charge >= 0.3 is 0 Å². The lowest BCUT2D eigenvalue weighted by Crippen LogP contribution is -2.14. The summed E-state index contributed by atoms with van der Waals surface area (Å²) in [5.74, 6) is 0.536. The fourth-order valence-electron chi connectivity index (χ4n) is 1.56. The molecule has 0 bridgehead atoms. The van der Waals surface area contributed by atoms with Gasteiger partial charge in [-0.05, 0) is 18.2 Å². The molecule has 0 saturated heterocycles. The first-order chi connectivity index (χ1) is 9.68. The van der Waals surface area contributed by atoms with Crippen LogP contribution in [0, 0.1) is 0 Å². The number of nitrogens with two attached hydrogens (primary N) is 2. The number of hydrogen-bond donors (Lipinski definition) is 2. The fourth-order valence-corrected chi connectivity index (χ4v) is 2.78. The van der Waals surface area contributed by atoms with Crippen LogP contribution in [0.2, 0.25) is 15.1 Å². The summed E-state index contributed by atoms with van der Waals surface area (Å²) in [6.45, 7) is 0. The van der Waals surface area contributed by atoms with E-state index in [9.17, 15) is 8.42 Å². The Kier molecular flexibility index (Phi) is 4.55. The lowest BCUT2D eigenvalue weighted by molar-refractivity contribution is 0.483. The van der Waals surface area contributed by atoms with Crippen molar-refractivity contribution >= 4 is 50.5 Å². The third kappa shape index (κ3) is 3.72. The average Bonchev–Trinajstić information content (AvgIpc) is 2.34. The Bertz CT molecular complexity index is 810. The molecule has 0 aliphatic carbocycles. The maximum Gasteiger partial charge on any atom is 0.240 e. The van der Waals surface area contributed by atoms with Crippen LogP contribution in [0.5, 0.6) is 11.5 Å². The van der Waals surface area contributed by atoms with Gasteiger partial charge < -0.3 is 10.5 Å². The molecule has 2 aromatic carbocycles. The van der Waals surface area contributed by atoms with Crippen LogP contribution in [0.15, 0.2) is 35.2 Å². The van der Waals surface area contributed by atoms with Crippen LogP contribution in [0.1, 0.15) is 0 Å². The van der Waals surface area contributed by atoms with E-state index in [-0.39, 0.29) is 37.1 Å². The van der Waals surface area contributed by atoms with Crippen LogP contribution in [0.3, 0.4) is 0 Å². The van der Waals surface area contributed by atoms with Gasteiger partial charge in [-0.3, -0.25) is 0 Å². The van der Waals surface area contributed by atoms with Crippen molar-refractivity contribution in [1.82, 2.24) is 0 Å². The Hall–Kier alpha value is -1.18. The molecule has 0 heterocycles. The lowest BCUT2D eigenvalue weighted by Gasteiger charge is -2.10. The predicted molar refractivity (Wildman–Crippen MR) is 83.8 cm³/mol. The molecule has 0 saturated carbocycles. The van der Waals surface area contributed by atoms with Gasteiger partial charge in [0.1, 0.15) is 16.4 Å². The van der Waals surface area contributed by atoms with Gasteiger partial charge in [0, 0.05) is 12.1 Å². The first kappa shape index (κ1) is 16.2. The Morgan fingerprint density at radius 2 is 1.57 bits per heavy atom. The highest BCUT2D eigenvalue weighted by Crippen LogP contribution is 2.37. The number of nitrogen functional groups attached to an aromatic ring is 1. The van der Waals surface area contributed by atoms with Crippen molar-refractivity contribution in [2.24, 2.45) is 5.14 Å². The smallest absolute Gasteiger partial charge is 0.240 e. The topological polar surface area (TPSA) is 95.4 Å². The molecule has 0 aliphatic heterocycles. The summed E-state index contributed by atoms with van der Waals surface area (Å²) in [5, 5.41) is 5.83. The zero-order chi connectivity index (χ0) is 15.8. The Balaban J connectivity index is 2.38. The first-order valence-corrected chi connectivity index (χ1v) is 8.11. The molecule has 21 heavy (non-hydrogen) atoms. The van der Waals surface area contributed by atoms with E-state index >= 15 is 0 Å². The number of halogens is 3. The molecule has 9 heteroatoms. The molecule has 112 valence electrons. The molecule has 5 nitrogen and oxygen atoms in total. The monoisotopic (exact) mass is 366 g/mol. The third-order valence-electron chi connectivity index (χ3n) is 2.49. The molecule has 0 atom stereocenters. The minimum absolute atomic E-state index is 0.0359. The van der Waals surface area contributed by atoms with E-state index in [2.05, 4.69) is 0 Å². The summed E-state index contributed by atoms with van der Waals surface area (Å²) < 4.78 is 28.0. The van der Waals surface area contributed by atoms with Crippen molar-refractivity contribution in [2.75, 3.05) is 5.73 Å². The molecule has 0 unspecified atom stereocenters. The highest BCUT2D eigenvalue weighted by atomic mass is 35.5. The van der Waals surface area contributed by atoms with Crippen molar-refractivity contribution < 1.29 is 13.2 Å². The normalized spacial score (nSPS) is 11.4. The van der Waals surface area contributed by atoms with Gasteiger partial charge in [0.15, 0.2) is 0 Å². The van der Waals surface area contributed by atoms with E-state index in [0.29, 0.717) is 0 Å². The zero-order valence-electron chi connectivity index (χ0n) is 10.3. The number of ether oxygens (including phenoxy) is 1. The molecule has 0 amide bonds. The van der Waals surface area contributed by atoms with Crippen molar-refractivity contribution in [3.8, 4) is 11.5 Å². The van der Waals surface area contributed by atoms with E-state index in [4.69, 9.17) is 50.4 Å². The summed E-state index contributed by atoms with van der Waals surface area (Å²) in [4.78, 5) is -0.185. The van der Waals surface area contributed by atoms with E-state index in [1.54, 1.807) is 0 Å². The van der Waals surface area contributed by atoms with Crippen LogP contribution >= 0.6 is 34.8 Å². The summed E-state index contributed by atoms with van der Waals surface area (Å²) in [7, 11) is -3.89. The first-order valence-electron chi connectivity index (χ1n) is 5.43. The zero-order valence-corrected chi connectivity index (χ0v) is 13.4. The number of hydrogen-bond acceptors (Lipinski definition) is 4. The molecule has 0 aromatic heterocycles. The maximum absolute atomic E-state index is 11.3. The van der Waals surface area contributed by atoms with Gasteiger partial charge in [-0.15, -0.1) is 0 Å². The predicted octanol–water partition coefficient (Wildman–Crippen LogP) is 3.67. The van der Waals surface area contributed by atoms with Crippen LogP contribution in [-0.4, -0.2) is 8.42 Å². The lowest BCUT2D eigenvalue weighted by atomic mass is 10.3. The molecule has 0 aliphatic rings. The van der Waals surface area contributed by atoms with E-state index in [0.717, 1.165) is 0 Å². The van der Waals surface area contributed by atoms with Gasteiger partial charge in [-0.25, -0.2) is 13.6 Å². The van der Waals surface area contributed by atoms with Crippen molar-refractivity contribution in [3.63, 3.8) is 0 Å². The Morgan fingerprint density at radius 1 is 0.952 bits per heavy atom. The van der Waals surface area contributed by atoms with Crippen LogP contribution < -0.4 is 15.6 Å². The maximum atomic E-state index is 11.3.